The van der Waals surface area contributed by atoms with Gasteiger partial charge in [0.15, 0.2) is 0 Å². The maximum Gasteiger partial charge on any atom is 0.321 e. The summed E-state index contributed by atoms with van der Waals surface area (Å²) in [4.78, 5) is 24.9. The van der Waals surface area contributed by atoms with E-state index in [4.69, 9.17) is 5.11 Å². The first kappa shape index (κ1) is 14.9. The van der Waals surface area contributed by atoms with E-state index < -0.39 is 5.97 Å². The van der Waals surface area contributed by atoms with Gasteiger partial charge in [-0.05, 0) is 61.8 Å². The van der Waals surface area contributed by atoms with E-state index in [1.165, 1.54) is 24.0 Å². The summed E-state index contributed by atoms with van der Waals surface area (Å²) in [7, 11) is 0. The minimum Gasteiger partial charge on any atom is -0.481 e. The third-order valence-electron chi connectivity index (χ3n) is 4.67. The second-order valence-corrected chi connectivity index (χ2v) is 6.38. The Bertz CT molecular complexity index is 588. The number of nitrogens with zero attached hydrogens (tertiary/aromatic N) is 1. The molecule has 2 amide bonds. The maximum atomic E-state index is 12.3. The first-order valence-electron chi connectivity index (χ1n) is 7.94. The van der Waals surface area contributed by atoms with Crippen LogP contribution in [0.1, 0.15) is 42.7 Å². The molecule has 5 nitrogen and oxygen atoms in total. The van der Waals surface area contributed by atoms with Gasteiger partial charge in [0.25, 0.3) is 0 Å². The number of aryl methyl sites for hydroxylation is 1. The molecule has 5 heteroatoms. The second kappa shape index (κ2) is 5.99. The molecule has 0 aromatic heterocycles. The first-order valence-corrected chi connectivity index (χ1v) is 7.94. The molecule has 1 aromatic carbocycles. The SMILES string of the molecule is Cc1cc(NC(=O)N2CCC(C(=O)O)CC2)ccc1C1CC1. The number of piperidine rings is 1. The van der Waals surface area contributed by atoms with Gasteiger partial charge in [-0.1, -0.05) is 6.07 Å². The van der Waals surface area contributed by atoms with Gasteiger partial charge in [0.2, 0.25) is 0 Å². The lowest BCUT2D eigenvalue weighted by Crippen LogP contribution is -2.42. The number of amides is 2. The normalized spacial score (nSPS) is 19.0. The molecule has 1 aliphatic heterocycles. The van der Waals surface area contributed by atoms with Gasteiger partial charge in [-0.15, -0.1) is 0 Å². The highest BCUT2D eigenvalue weighted by Gasteiger charge is 2.27. The van der Waals surface area contributed by atoms with Crippen molar-refractivity contribution in [2.75, 3.05) is 18.4 Å². The predicted molar refractivity (Wildman–Crippen MR) is 84.1 cm³/mol. The number of benzene rings is 1. The lowest BCUT2D eigenvalue weighted by Gasteiger charge is -2.30. The van der Waals surface area contributed by atoms with Gasteiger partial charge in [-0.25, -0.2) is 4.79 Å². The Morgan fingerprint density at radius 2 is 1.86 bits per heavy atom. The first-order chi connectivity index (χ1) is 10.5. The summed E-state index contributed by atoms with van der Waals surface area (Å²) in [5.74, 6) is -0.365. The van der Waals surface area contributed by atoms with Gasteiger partial charge < -0.3 is 15.3 Å². The minimum absolute atomic E-state index is 0.137. The number of anilines is 1. The van der Waals surface area contributed by atoms with Crippen molar-refractivity contribution in [3.8, 4) is 0 Å². The third-order valence-corrected chi connectivity index (χ3v) is 4.67. The average molecular weight is 302 g/mol. The van der Waals surface area contributed by atoms with Gasteiger partial charge >= 0.3 is 12.0 Å². The van der Waals surface area contributed by atoms with Crippen molar-refractivity contribution < 1.29 is 14.7 Å². The minimum atomic E-state index is -0.758. The van der Waals surface area contributed by atoms with E-state index in [2.05, 4.69) is 18.3 Å². The lowest BCUT2D eigenvalue weighted by molar-refractivity contribution is -0.143. The van der Waals surface area contributed by atoms with Crippen molar-refractivity contribution in [1.82, 2.24) is 4.90 Å². The van der Waals surface area contributed by atoms with Gasteiger partial charge in [0, 0.05) is 18.8 Å². The van der Waals surface area contributed by atoms with E-state index in [1.807, 2.05) is 12.1 Å². The maximum absolute atomic E-state index is 12.3. The van der Waals surface area contributed by atoms with Crippen LogP contribution in [-0.4, -0.2) is 35.1 Å². The summed E-state index contributed by atoms with van der Waals surface area (Å²) >= 11 is 0. The summed E-state index contributed by atoms with van der Waals surface area (Å²) < 4.78 is 0. The van der Waals surface area contributed by atoms with E-state index in [0.717, 1.165) is 5.69 Å². The molecule has 3 rings (SSSR count). The van der Waals surface area contributed by atoms with Crippen LogP contribution in [0.15, 0.2) is 18.2 Å². The summed E-state index contributed by atoms with van der Waals surface area (Å²) in [6.45, 7) is 3.09. The van der Waals surface area contributed by atoms with Gasteiger partial charge in [0.05, 0.1) is 5.92 Å². The summed E-state index contributed by atoms with van der Waals surface area (Å²) in [5, 5.41) is 11.9. The van der Waals surface area contributed by atoms with Gasteiger partial charge in [0.1, 0.15) is 0 Å². The number of carbonyl (C=O) groups excluding carboxylic acids is 1. The summed E-state index contributed by atoms with van der Waals surface area (Å²) in [6, 6.07) is 5.96. The molecule has 118 valence electrons. The zero-order valence-electron chi connectivity index (χ0n) is 12.8. The predicted octanol–water partition coefficient (Wildman–Crippen LogP) is 3.20. The fourth-order valence-corrected chi connectivity index (χ4v) is 3.14. The molecule has 1 saturated heterocycles. The number of carbonyl (C=O) groups is 2. The molecule has 1 heterocycles. The van der Waals surface area contributed by atoms with E-state index in [9.17, 15) is 9.59 Å². The number of likely N-dealkylation sites (tertiary alicyclic amines) is 1. The Kier molecular flexibility index (Phi) is 4.05. The van der Waals surface area contributed by atoms with Crippen LogP contribution in [0.3, 0.4) is 0 Å². The summed E-state index contributed by atoms with van der Waals surface area (Å²) in [6.07, 6.45) is 3.60. The standard InChI is InChI=1S/C17H22N2O3/c1-11-10-14(4-5-15(11)12-2-3-12)18-17(22)19-8-6-13(7-9-19)16(20)21/h4-5,10,12-13H,2-3,6-9H2,1H3,(H,18,22)(H,20,21). The summed E-state index contributed by atoms with van der Waals surface area (Å²) in [5.41, 5.74) is 3.43. The van der Waals surface area contributed by atoms with Crippen LogP contribution in [0.2, 0.25) is 0 Å². The smallest absolute Gasteiger partial charge is 0.321 e. The lowest BCUT2D eigenvalue weighted by atomic mass is 9.97. The van der Waals surface area contributed by atoms with E-state index in [-0.39, 0.29) is 11.9 Å². The molecular weight excluding hydrogens is 280 g/mol. The van der Waals surface area contributed by atoms with Crippen molar-refractivity contribution >= 4 is 17.7 Å². The Morgan fingerprint density at radius 1 is 1.18 bits per heavy atom. The van der Waals surface area contributed by atoms with Crippen molar-refractivity contribution in [3.05, 3.63) is 29.3 Å². The number of rotatable bonds is 3. The molecule has 1 aliphatic carbocycles. The van der Waals surface area contributed by atoms with Crippen LogP contribution in [0, 0.1) is 12.8 Å². The fraction of sp³-hybridized carbons (Fsp3) is 0.529. The number of nitrogens with one attached hydrogen (secondary N) is 1. The molecule has 2 N–H and O–H groups in total. The number of urea groups is 1. The molecule has 2 aliphatic rings. The zero-order valence-corrected chi connectivity index (χ0v) is 12.8. The number of hydrogen-bond acceptors (Lipinski definition) is 2. The van der Waals surface area contributed by atoms with Crippen molar-refractivity contribution in [2.45, 2.75) is 38.5 Å². The van der Waals surface area contributed by atoms with Crippen LogP contribution in [-0.2, 0) is 4.79 Å². The van der Waals surface area contributed by atoms with Gasteiger partial charge in [-0.3, -0.25) is 4.79 Å². The van der Waals surface area contributed by atoms with Crippen LogP contribution in [0.5, 0.6) is 0 Å². The van der Waals surface area contributed by atoms with Crippen LogP contribution in [0.25, 0.3) is 0 Å². The number of hydrogen-bond donors (Lipinski definition) is 2. The Labute approximate surface area is 130 Å². The Balaban J connectivity index is 1.58. The van der Waals surface area contributed by atoms with Gasteiger partial charge in [-0.2, -0.15) is 0 Å². The number of carboxylic acid groups (broad SMARTS) is 1. The van der Waals surface area contributed by atoms with Crippen molar-refractivity contribution in [1.29, 1.82) is 0 Å². The second-order valence-electron chi connectivity index (χ2n) is 6.38. The van der Waals surface area contributed by atoms with E-state index >= 15 is 0 Å². The number of carboxylic acids is 1. The molecule has 0 atom stereocenters. The Hall–Kier alpha value is -2.04. The molecule has 22 heavy (non-hydrogen) atoms. The molecule has 0 spiro atoms. The highest BCUT2D eigenvalue weighted by atomic mass is 16.4. The number of aliphatic carboxylic acids is 1. The van der Waals surface area contributed by atoms with Crippen molar-refractivity contribution in [3.63, 3.8) is 0 Å². The van der Waals surface area contributed by atoms with Crippen LogP contribution >= 0.6 is 0 Å². The monoisotopic (exact) mass is 302 g/mol. The molecule has 1 aromatic rings. The molecule has 2 fully saturated rings. The average Bonchev–Trinajstić information content (AvgIpc) is 3.32. The van der Waals surface area contributed by atoms with Crippen molar-refractivity contribution in [2.24, 2.45) is 5.92 Å². The quantitative estimate of drug-likeness (QED) is 0.901. The molecule has 0 bridgehead atoms. The Morgan fingerprint density at radius 3 is 2.41 bits per heavy atom. The van der Waals surface area contributed by atoms with E-state index in [0.29, 0.717) is 31.8 Å². The molecule has 0 radical (unpaired) electrons. The van der Waals surface area contributed by atoms with Crippen LogP contribution in [0.4, 0.5) is 10.5 Å². The molecular formula is C17H22N2O3. The largest absolute Gasteiger partial charge is 0.481 e. The third kappa shape index (κ3) is 3.24. The zero-order chi connectivity index (χ0) is 15.7. The molecule has 0 unspecified atom stereocenters. The highest BCUT2D eigenvalue weighted by molar-refractivity contribution is 5.89. The topological polar surface area (TPSA) is 69.6 Å². The van der Waals surface area contributed by atoms with E-state index in [1.54, 1.807) is 4.90 Å². The molecule has 1 saturated carbocycles. The van der Waals surface area contributed by atoms with Crippen LogP contribution < -0.4 is 5.32 Å². The highest BCUT2D eigenvalue weighted by Crippen LogP contribution is 2.42. The fourth-order valence-electron chi connectivity index (χ4n) is 3.14.